The maximum absolute atomic E-state index is 13.7. The molecule has 1 rings (SSSR count). The van der Waals surface area contributed by atoms with Gasteiger partial charge in [-0.3, -0.25) is 14.4 Å². The lowest BCUT2D eigenvalue weighted by Crippen LogP contribution is -2.58. The van der Waals surface area contributed by atoms with Gasteiger partial charge >= 0.3 is 12.1 Å². The fourth-order valence-electron chi connectivity index (χ4n) is 3.80. The minimum atomic E-state index is -0.999. The van der Waals surface area contributed by atoms with Gasteiger partial charge in [0.25, 0.3) is 0 Å². The van der Waals surface area contributed by atoms with Crippen molar-refractivity contribution in [2.24, 2.45) is 0 Å². The van der Waals surface area contributed by atoms with Crippen molar-refractivity contribution in [1.29, 1.82) is 0 Å². The van der Waals surface area contributed by atoms with Crippen LogP contribution < -0.4 is 10.6 Å². The van der Waals surface area contributed by atoms with E-state index < -0.39 is 47.1 Å². The summed E-state index contributed by atoms with van der Waals surface area (Å²) in [5.41, 5.74) is 0.999. The zero-order valence-electron chi connectivity index (χ0n) is 23.4. The van der Waals surface area contributed by atoms with Crippen molar-refractivity contribution in [3.05, 3.63) is 34.9 Å². The highest BCUT2D eigenvalue weighted by atomic mass is 16.6. The number of carbonyl (C=O) groups excluding carboxylic acids is 4. The number of hydrogen-bond donors (Lipinski definition) is 2. The molecule has 0 spiro atoms. The van der Waals surface area contributed by atoms with E-state index >= 15 is 0 Å². The molecule has 0 aliphatic heterocycles. The number of ether oxygens (including phenoxy) is 2. The van der Waals surface area contributed by atoms with E-state index in [0.29, 0.717) is 5.56 Å². The van der Waals surface area contributed by atoms with E-state index in [1.165, 1.54) is 4.90 Å². The summed E-state index contributed by atoms with van der Waals surface area (Å²) in [6, 6.07) is 3.75. The third-order valence-corrected chi connectivity index (χ3v) is 5.06. The molecule has 9 nitrogen and oxygen atoms in total. The summed E-state index contributed by atoms with van der Waals surface area (Å²) in [6.07, 6.45) is -0.710. The van der Waals surface area contributed by atoms with Crippen molar-refractivity contribution in [3.8, 4) is 0 Å². The normalized spacial score (nSPS) is 13.3. The van der Waals surface area contributed by atoms with Gasteiger partial charge in [0.05, 0.1) is 13.0 Å². The molecule has 2 unspecified atom stereocenters. The summed E-state index contributed by atoms with van der Waals surface area (Å²) in [6.45, 7) is 18.1. The Morgan fingerprint density at radius 1 is 0.972 bits per heavy atom. The maximum atomic E-state index is 13.7. The summed E-state index contributed by atoms with van der Waals surface area (Å²) in [5.74, 6) is -1.30. The van der Waals surface area contributed by atoms with Crippen LogP contribution in [0.2, 0.25) is 0 Å². The molecule has 36 heavy (non-hydrogen) atoms. The average Bonchev–Trinajstić information content (AvgIpc) is 2.68. The first-order valence-corrected chi connectivity index (χ1v) is 12.3. The van der Waals surface area contributed by atoms with Gasteiger partial charge in [0.1, 0.15) is 17.7 Å². The van der Waals surface area contributed by atoms with Crippen LogP contribution in [-0.4, -0.2) is 59.1 Å². The van der Waals surface area contributed by atoms with Gasteiger partial charge in [-0.05, 0) is 74.8 Å². The first-order chi connectivity index (χ1) is 16.5. The van der Waals surface area contributed by atoms with Gasteiger partial charge in [-0.25, -0.2) is 4.79 Å². The number of nitrogens with one attached hydrogen (secondary N) is 2. The second kappa shape index (κ2) is 12.7. The van der Waals surface area contributed by atoms with E-state index in [1.54, 1.807) is 34.6 Å². The molecule has 0 bridgehead atoms. The first-order valence-electron chi connectivity index (χ1n) is 12.3. The number of benzene rings is 1. The van der Waals surface area contributed by atoms with E-state index in [9.17, 15) is 19.2 Å². The van der Waals surface area contributed by atoms with Crippen molar-refractivity contribution in [2.75, 3.05) is 13.2 Å². The summed E-state index contributed by atoms with van der Waals surface area (Å²) in [5, 5.41) is 5.37. The second-order valence-corrected chi connectivity index (χ2v) is 10.9. The number of aryl methyl sites for hydroxylation is 2. The molecule has 2 atom stereocenters. The van der Waals surface area contributed by atoms with E-state index in [-0.39, 0.29) is 19.6 Å². The summed E-state index contributed by atoms with van der Waals surface area (Å²) in [7, 11) is 0. The Balaban J connectivity index is 3.37. The molecule has 202 valence electrons. The van der Waals surface area contributed by atoms with Gasteiger partial charge in [-0.2, -0.15) is 0 Å². The van der Waals surface area contributed by atoms with Crippen molar-refractivity contribution in [3.63, 3.8) is 0 Å². The van der Waals surface area contributed by atoms with Crippen molar-refractivity contribution in [2.45, 2.75) is 98.9 Å². The molecule has 0 aliphatic carbocycles. The first kappa shape index (κ1) is 30.9. The van der Waals surface area contributed by atoms with Gasteiger partial charge in [0, 0.05) is 12.1 Å². The Morgan fingerprint density at radius 3 is 2.00 bits per heavy atom. The molecule has 9 heteroatoms. The van der Waals surface area contributed by atoms with Gasteiger partial charge in [-0.1, -0.05) is 29.3 Å². The molecule has 2 N–H and O–H groups in total. The Kier molecular flexibility index (Phi) is 10.9. The van der Waals surface area contributed by atoms with Crippen LogP contribution in [0.1, 0.15) is 84.5 Å². The standard InChI is InChI=1S/C27H43N3O6/c1-11-35-21(31)12-13-28-23(32)22(20-15-17(2)14-18(3)16-20)30(26(5,6)7)24(33)19(4)29-25(34)36-27(8,9)10/h14-16,19,22H,11-13H2,1-10H3,(H,28,32)(H,29,34). The lowest BCUT2D eigenvalue weighted by Gasteiger charge is -2.42. The third kappa shape index (κ3) is 9.87. The molecule has 0 fully saturated rings. The SMILES string of the molecule is CCOC(=O)CCNC(=O)C(c1cc(C)cc(C)c1)N(C(=O)C(C)NC(=O)OC(C)(C)C)C(C)(C)C. The van der Waals surface area contributed by atoms with Gasteiger partial charge in [-0.15, -0.1) is 0 Å². The van der Waals surface area contributed by atoms with Crippen LogP contribution in [0.5, 0.6) is 0 Å². The van der Waals surface area contributed by atoms with Gasteiger partial charge in [0.2, 0.25) is 11.8 Å². The Hall–Kier alpha value is -3.10. The lowest BCUT2D eigenvalue weighted by atomic mass is 9.93. The Morgan fingerprint density at radius 2 is 1.53 bits per heavy atom. The van der Waals surface area contributed by atoms with Gasteiger partial charge < -0.3 is 25.0 Å². The number of alkyl carbamates (subject to hydrolysis) is 1. The molecule has 0 radical (unpaired) electrons. The van der Waals surface area contributed by atoms with Crippen LogP contribution in [-0.2, 0) is 23.9 Å². The summed E-state index contributed by atoms with van der Waals surface area (Å²) in [4.78, 5) is 52.9. The van der Waals surface area contributed by atoms with Crippen LogP contribution in [0.3, 0.4) is 0 Å². The van der Waals surface area contributed by atoms with E-state index in [0.717, 1.165) is 11.1 Å². The van der Waals surface area contributed by atoms with E-state index in [1.807, 2.05) is 52.8 Å². The number of carbonyl (C=O) groups is 4. The third-order valence-electron chi connectivity index (χ3n) is 5.06. The fraction of sp³-hybridized carbons (Fsp3) is 0.630. The highest BCUT2D eigenvalue weighted by Crippen LogP contribution is 2.31. The van der Waals surface area contributed by atoms with Crippen LogP contribution >= 0.6 is 0 Å². The molecule has 0 saturated carbocycles. The Labute approximate surface area is 215 Å². The molecular formula is C27H43N3O6. The van der Waals surface area contributed by atoms with Crippen LogP contribution in [0.4, 0.5) is 4.79 Å². The summed E-state index contributed by atoms with van der Waals surface area (Å²) >= 11 is 0. The van der Waals surface area contributed by atoms with Crippen molar-refractivity contribution >= 4 is 23.9 Å². The van der Waals surface area contributed by atoms with Gasteiger partial charge in [0.15, 0.2) is 0 Å². The van der Waals surface area contributed by atoms with E-state index in [4.69, 9.17) is 9.47 Å². The molecular weight excluding hydrogens is 462 g/mol. The molecule has 0 aromatic heterocycles. The molecule has 0 heterocycles. The predicted molar refractivity (Wildman–Crippen MR) is 138 cm³/mol. The van der Waals surface area contributed by atoms with Crippen LogP contribution in [0.25, 0.3) is 0 Å². The minimum Gasteiger partial charge on any atom is -0.466 e. The molecule has 1 aromatic carbocycles. The zero-order valence-corrected chi connectivity index (χ0v) is 23.4. The zero-order chi connectivity index (χ0) is 27.8. The predicted octanol–water partition coefficient (Wildman–Crippen LogP) is 3.95. The van der Waals surface area contributed by atoms with Crippen molar-refractivity contribution < 1.29 is 28.7 Å². The fourth-order valence-corrected chi connectivity index (χ4v) is 3.80. The maximum Gasteiger partial charge on any atom is 0.408 e. The topological polar surface area (TPSA) is 114 Å². The highest BCUT2D eigenvalue weighted by Gasteiger charge is 2.40. The lowest BCUT2D eigenvalue weighted by molar-refractivity contribution is -0.148. The quantitative estimate of drug-likeness (QED) is 0.491. The van der Waals surface area contributed by atoms with Crippen molar-refractivity contribution in [1.82, 2.24) is 15.5 Å². The van der Waals surface area contributed by atoms with Crippen LogP contribution in [0, 0.1) is 13.8 Å². The monoisotopic (exact) mass is 505 g/mol. The molecule has 0 aliphatic rings. The number of amides is 3. The number of hydrogen-bond acceptors (Lipinski definition) is 6. The smallest absolute Gasteiger partial charge is 0.408 e. The number of rotatable bonds is 9. The Bertz CT molecular complexity index is 926. The minimum absolute atomic E-state index is 0.0131. The largest absolute Gasteiger partial charge is 0.466 e. The average molecular weight is 506 g/mol. The molecule has 0 saturated heterocycles. The summed E-state index contributed by atoms with van der Waals surface area (Å²) < 4.78 is 10.2. The van der Waals surface area contributed by atoms with Crippen LogP contribution in [0.15, 0.2) is 18.2 Å². The van der Waals surface area contributed by atoms with E-state index in [2.05, 4.69) is 10.6 Å². The number of esters is 1. The number of nitrogens with zero attached hydrogens (tertiary/aromatic N) is 1. The second-order valence-electron chi connectivity index (χ2n) is 10.9. The molecule has 3 amide bonds. The highest BCUT2D eigenvalue weighted by molar-refractivity contribution is 5.92. The molecule has 1 aromatic rings.